The predicted octanol–water partition coefficient (Wildman–Crippen LogP) is 2.10. The molecule has 1 aromatic carbocycles. The molecule has 0 N–H and O–H groups in total. The molecule has 1 aromatic rings. The van der Waals surface area contributed by atoms with Gasteiger partial charge in [0.25, 0.3) is 11.8 Å². The number of hydrogen-bond acceptors (Lipinski definition) is 2. The third-order valence-corrected chi connectivity index (χ3v) is 2.58. The molecule has 3 nitrogen and oxygen atoms in total. The Labute approximate surface area is 110 Å². The second-order valence-corrected chi connectivity index (χ2v) is 4.01. The van der Waals surface area contributed by atoms with Crippen molar-refractivity contribution in [3.05, 3.63) is 42.0 Å². The van der Waals surface area contributed by atoms with Gasteiger partial charge in [0, 0.05) is 30.0 Å². The second kappa shape index (κ2) is 5.52. The highest BCUT2D eigenvalue weighted by molar-refractivity contribution is 6.28. The summed E-state index contributed by atoms with van der Waals surface area (Å²) in [6, 6.07) is 6.95. The van der Waals surface area contributed by atoms with Crippen molar-refractivity contribution in [3.63, 3.8) is 0 Å². The first kappa shape index (κ1) is 12.4. The minimum Gasteiger partial charge on any atom is -0.269 e. The second-order valence-electron chi connectivity index (χ2n) is 3.63. The van der Waals surface area contributed by atoms with Crippen LogP contribution in [0.3, 0.4) is 0 Å². The molecule has 0 saturated heterocycles. The molecule has 18 heavy (non-hydrogen) atoms. The van der Waals surface area contributed by atoms with E-state index in [2.05, 4.69) is 11.8 Å². The number of carbonyl (C=O) groups is 2. The van der Waals surface area contributed by atoms with Gasteiger partial charge in [-0.15, -0.1) is 11.6 Å². The maximum atomic E-state index is 11.5. The van der Waals surface area contributed by atoms with Gasteiger partial charge in [-0.3, -0.25) is 9.59 Å². The Kier molecular flexibility index (Phi) is 3.81. The third-order valence-electron chi connectivity index (χ3n) is 2.39. The van der Waals surface area contributed by atoms with Crippen LogP contribution in [0.25, 0.3) is 0 Å². The number of nitrogens with zero attached hydrogens (tertiary/aromatic N) is 1. The SMILES string of the molecule is O=C1C=CC(=O)N1c1ccc(C#CCCCl)cc1. The molecule has 1 heterocycles. The van der Waals surface area contributed by atoms with E-state index in [0.717, 1.165) is 10.5 Å². The van der Waals surface area contributed by atoms with Crippen LogP contribution >= 0.6 is 11.6 Å². The van der Waals surface area contributed by atoms with E-state index in [9.17, 15) is 9.59 Å². The summed E-state index contributed by atoms with van der Waals surface area (Å²) < 4.78 is 0. The van der Waals surface area contributed by atoms with Crippen molar-refractivity contribution < 1.29 is 9.59 Å². The van der Waals surface area contributed by atoms with Crippen molar-refractivity contribution in [2.75, 3.05) is 10.8 Å². The van der Waals surface area contributed by atoms with Crippen LogP contribution in [0.2, 0.25) is 0 Å². The van der Waals surface area contributed by atoms with Crippen molar-refractivity contribution >= 4 is 29.1 Å². The Morgan fingerprint density at radius 3 is 2.22 bits per heavy atom. The lowest BCUT2D eigenvalue weighted by Gasteiger charge is -2.13. The maximum Gasteiger partial charge on any atom is 0.258 e. The molecule has 0 atom stereocenters. The van der Waals surface area contributed by atoms with E-state index in [1.807, 2.05) is 0 Å². The molecular weight excluding hydrogens is 250 g/mol. The van der Waals surface area contributed by atoms with Crippen molar-refractivity contribution in [1.82, 2.24) is 0 Å². The van der Waals surface area contributed by atoms with Crippen LogP contribution in [0.15, 0.2) is 36.4 Å². The molecule has 0 bridgehead atoms. The van der Waals surface area contributed by atoms with E-state index < -0.39 is 0 Å². The molecule has 0 radical (unpaired) electrons. The molecule has 0 aliphatic carbocycles. The van der Waals surface area contributed by atoms with Crippen LogP contribution in [-0.4, -0.2) is 17.7 Å². The highest BCUT2D eigenvalue weighted by Crippen LogP contribution is 2.19. The van der Waals surface area contributed by atoms with E-state index in [-0.39, 0.29) is 11.8 Å². The number of carbonyl (C=O) groups excluding carboxylic acids is 2. The minimum atomic E-state index is -0.319. The normalized spacial score (nSPS) is 13.7. The lowest BCUT2D eigenvalue weighted by molar-refractivity contribution is -0.119. The Morgan fingerprint density at radius 2 is 1.67 bits per heavy atom. The molecule has 2 rings (SSSR count). The summed E-state index contributed by atoms with van der Waals surface area (Å²) in [5, 5.41) is 0. The van der Waals surface area contributed by atoms with Gasteiger partial charge in [0.2, 0.25) is 0 Å². The van der Waals surface area contributed by atoms with Gasteiger partial charge in [0.1, 0.15) is 0 Å². The number of hydrogen-bond donors (Lipinski definition) is 0. The summed E-state index contributed by atoms with van der Waals surface area (Å²) >= 11 is 5.52. The van der Waals surface area contributed by atoms with E-state index >= 15 is 0 Å². The Hall–Kier alpha value is -2.05. The average Bonchev–Trinajstić information content (AvgIpc) is 2.71. The molecule has 0 spiro atoms. The first-order valence-corrected chi connectivity index (χ1v) is 5.97. The van der Waals surface area contributed by atoms with E-state index in [1.165, 1.54) is 12.2 Å². The van der Waals surface area contributed by atoms with Gasteiger partial charge in [0.15, 0.2) is 0 Å². The topological polar surface area (TPSA) is 37.4 Å². The van der Waals surface area contributed by atoms with Gasteiger partial charge < -0.3 is 0 Å². The summed E-state index contributed by atoms with van der Waals surface area (Å²) in [5.41, 5.74) is 1.38. The minimum absolute atomic E-state index is 0.319. The molecule has 1 aliphatic heterocycles. The largest absolute Gasteiger partial charge is 0.269 e. The number of rotatable bonds is 2. The van der Waals surface area contributed by atoms with Crippen LogP contribution in [0.5, 0.6) is 0 Å². The van der Waals surface area contributed by atoms with Gasteiger partial charge in [0.05, 0.1) is 5.69 Å². The first-order valence-electron chi connectivity index (χ1n) is 5.43. The maximum absolute atomic E-state index is 11.5. The fourth-order valence-electron chi connectivity index (χ4n) is 1.56. The summed E-state index contributed by atoms with van der Waals surface area (Å²) in [5.74, 6) is 5.73. The van der Waals surface area contributed by atoms with Gasteiger partial charge in [-0.05, 0) is 24.3 Å². The number of benzene rings is 1. The smallest absolute Gasteiger partial charge is 0.258 e. The Balaban J connectivity index is 2.16. The van der Waals surface area contributed by atoms with Gasteiger partial charge in [-0.2, -0.15) is 0 Å². The van der Waals surface area contributed by atoms with Gasteiger partial charge >= 0.3 is 0 Å². The molecule has 0 unspecified atom stereocenters. The Bertz CT molecular complexity index is 546. The molecule has 90 valence electrons. The highest BCUT2D eigenvalue weighted by atomic mass is 35.5. The van der Waals surface area contributed by atoms with E-state index in [1.54, 1.807) is 24.3 Å². The van der Waals surface area contributed by atoms with Crippen molar-refractivity contribution in [2.24, 2.45) is 0 Å². The molecule has 0 aromatic heterocycles. The summed E-state index contributed by atoms with van der Waals surface area (Å²) in [7, 11) is 0. The zero-order valence-electron chi connectivity index (χ0n) is 9.52. The summed E-state index contributed by atoms with van der Waals surface area (Å²) in [4.78, 5) is 24.0. The number of halogens is 1. The number of anilines is 1. The molecule has 2 amide bonds. The number of imide groups is 1. The van der Waals surface area contributed by atoms with Crippen LogP contribution in [0.1, 0.15) is 12.0 Å². The molecule has 1 aliphatic rings. The molecule has 0 saturated carbocycles. The van der Waals surface area contributed by atoms with Crippen LogP contribution in [0.4, 0.5) is 5.69 Å². The van der Waals surface area contributed by atoms with Crippen molar-refractivity contribution in [2.45, 2.75) is 6.42 Å². The van der Waals surface area contributed by atoms with Crippen molar-refractivity contribution in [1.29, 1.82) is 0 Å². The van der Waals surface area contributed by atoms with Crippen LogP contribution < -0.4 is 4.90 Å². The number of amides is 2. The van der Waals surface area contributed by atoms with E-state index in [0.29, 0.717) is 18.0 Å². The quantitative estimate of drug-likeness (QED) is 0.463. The fourth-order valence-corrected chi connectivity index (χ4v) is 1.65. The van der Waals surface area contributed by atoms with Crippen molar-refractivity contribution in [3.8, 4) is 11.8 Å². The van der Waals surface area contributed by atoms with Gasteiger partial charge in [-0.25, -0.2) is 4.90 Å². The van der Waals surface area contributed by atoms with Crippen LogP contribution in [0, 0.1) is 11.8 Å². The summed E-state index contributed by atoms with van der Waals surface area (Å²) in [6.07, 6.45) is 3.16. The third kappa shape index (κ3) is 2.61. The molecular formula is C14H10ClNO2. The monoisotopic (exact) mass is 259 g/mol. The lowest BCUT2D eigenvalue weighted by atomic mass is 10.2. The highest BCUT2D eigenvalue weighted by Gasteiger charge is 2.24. The average molecular weight is 260 g/mol. The zero-order chi connectivity index (χ0) is 13.0. The number of alkyl halides is 1. The lowest BCUT2D eigenvalue weighted by Crippen LogP contribution is -2.29. The Morgan fingerprint density at radius 1 is 1.06 bits per heavy atom. The summed E-state index contributed by atoms with van der Waals surface area (Å²) in [6.45, 7) is 0. The molecule has 0 fully saturated rings. The predicted molar refractivity (Wildman–Crippen MR) is 70.3 cm³/mol. The van der Waals surface area contributed by atoms with E-state index in [4.69, 9.17) is 11.6 Å². The molecule has 4 heteroatoms. The van der Waals surface area contributed by atoms with Crippen LogP contribution in [-0.2, 0) is 9.59 Å². The fraction of sp³-hybridized carbons (Fsp3) is 0.143. The standard InChI is InChI=1S/C14H10ClNO2/c15-10-2-1-3-11-4-6-12(7-5-11)16-13(17)8-9-14(16)18/h4-9H,2,10H2. The first-order chi connectivity index (χ1) is 8.72. The van der Waals surface area contributed by atoms with Gasteiger partial charge in [-0.1, -0.05) is 11.8 Å². The zero-order valence-corrected chi connectivity index (χ0v) is 10.3.